The summed E-state index contributed by atoms with van der Waals surface area (Å²) < 4.78 is 69.8. The molecule has 2 aliphatic rings. The number of hydrogen-bond acceptors (Lipinski definition) is 4. The van der Waals surface area contributed by atoms with Gasteiger partial charge in [-0.2, -0.15) is 0 Å². The summed E-state index contributed by atoms with van der Waals surface area (Å²) in [6.45, 7) is 1.97. The molecule has 2 saturated heterocycles. The van der Waals surface area contributed by atoms with E-state index in [4.69, 9.17) is 11.6 Å². The molecule has 0 aromatic heterocycles. The highest BCUT2D eigenvalue weighted by atomic mass is 35.5. The number of likely N-dealkylation sites (tertiary alicyclic amines) is 1. The van der Waals surface area contributed by atoms with Crippen LogP contribution >= 0.6 is 11.6 Å². The third-order valence-corrected chi connectivity index (χ3v) is 8.04. The van der Waals surface area contributed by atoms with Gasteiger partial charge in [-0.1, -0.05) is 23.7 Å². The van der Waals surface area contributed by atoms with E-state index < -0.39 is 23.1 Å². The number of carbonyl (C=O) groups excluding carboxylic acids is 1. The van der Waals surface area contributed by atoms with Gasteiger partial charge in [0.15, 0.2) is 0 Å². The summed E-state index contributed by atoms with van der Waals surface area (Å²) in [6.07, 6.45) is -0.647. The Morgan fingerprint density at radius 1 is 1.16 bits per heavy atom. The molecule has 3 unspecified atom stereocenters. The standard InChI is InChI=1S/C25H26ClF4N3O3S/c1-31(2)37(35)23-12-21(26)22(36-25(28,29)30)11-17(23)5-10-24(34)33-19-8-9-20(33)15-32(14-19)13-16-3-6-18(27)7-4-16/h3-7,10-12,19-20H,8-9,13-15H2,1-2H3/b10-5+. The van der Waals surface area contributed by atoms with Gasteiger partial charge in [-0.25, -0.2) is 12.9 Å². The lowest BCUT2D eigenvalue weighted by atomic mass is 10.1. The zero-order chi connectivity index (χ0) is 26.9. The maximum absolute atomic E-state index is 13.2. The fourth-order valence-corrected chi connectivity index (χ4v) is 6.01. The summed E-state index contributed by atoms with van der Waals surface area (Å²) in [4.78, 5) is 17.4. The predicted octanol–water partition coefficient (Wildman–Crippen LogP) is 4.85. The molecule has 37 heavy (non-hydrogen) atoms. The first-order chi connectivity index (χ1) is 17.4. The summed E-state index contributed by atoms with van der Waals surface area (Å²) in [5, 5.41) is -0.346. The van der Waals surface area contributed by atoms with Crippen LogP contribution < -0.4 is 4.74 Å². The van der Waals surface area contributed by atoms with Gasteiger partial charge in [0.2, 0.25) is 5.91 Å². The smallest absolute Gasteiger partial charge is 0.404 e. The third kappa shape index (κ3) is 6.70. The van der Waals surface area contributed by atoms with Crippen molar-refractivity contribution in [3.8, 4) is 5.75 Å². The summed E-state index contributed by atoms with van der Waals surface area (Å²) in [5.41, 5.74) is 1.12. The van der Waals surface area contributed by atoms with Crippen molar-refractivity contribution in [3.63, 3.8) is 0 Å². The summed E-state index contributed by atoms with van der Waals surface area (Å²) in [5.74, 6) is -1.21. The molecule has 200 valence electrons. The molecule has 1 amide bonds. The molecule has 4 rings (SSSR count). The second-order valence-corrected chi connectivity index (χ2v) is 11.3. The van der Waals surface area contributed by atoms with Gasteiger partial charge in [0.1, 0.15) is 22.6 Å². The minimum atomic E-state index is -4.96. The minimum absolute atomic E-state index is 0.0129. The number of amides is 1. The van der Waals surface area contributed by atoms with Crippen molar-refractivity contribution in [3.05, 3.63) is 64.4 Å². The first kappa shape index (κ1) is 27.6. The van der Waals surface area contributed by atoms with Crippen molar-refractivity contribution >= 4 is 34.6 Å². The lowest BCUT2D eigenvalue weighted by Gasteiger charge is -2.40. The molecule has 2 fully saturated rings. The average molecular weight is 560 g/mol. The van der Waals surface area contributed by atoms with Gasteiger partial charge in [0.25, 0.3) is 0 Å². The van der Waals surface area contributed by atoms with Crippen molar-refractivity contribution in [2.24, 2.45) is 0 Å². The van der Waals surface area contributed by atoms with Crippen LogP contribution in [0.5, 0.6) is 5.75 Å². The molecular weight excluding hydrogens is 534 g/mol. The third-order valence-electron chi connectivity index (χ3n) is 6.35. The molecule has 0 aliphatic carbocycles. The Morgan fingerprint density at radius 2 is 1.78 bits per heavy atom. The summed E-state index contributed by atoms with van der Waals surface area (Å²) >= 11 is 5.97. The highest BCUT2D eigenvalue weighted by molar-refractivity contribution is 7.82. The molecule has 2 aromatic rings. The topological polar surface area (TPSA) is 53.1 Å². The Morgan fingerprint density at radius 3 is 2.35 bits per heavy atom. The molecule has 0 spiro atoms. The summed E-state index contributed by atoms with van der Waals surface area (Å²) in [7, 11) is 1.37. The Bertz CT molecular complexity index is 1190. The number of fused-ring (bicyclic) bond motifs is 2. The second-order valence-electron chi connectivity index (χ2n) is 9.21. The van der Waals surface area contributed by atoms with E-state index in [2.05, 4.69) is 9.64 Å². The Balaban J connectivity index is 1.52. The molecule has 2 aliphatic heterocycles. The average Bonchev–Trinajstić information content (AvgIpc) is 3.09. The number of carbonyl (C=O) groups is 1. The largest absolute Gasteiger partial charge is 0.573 e. The molecule has 0 N–H and O–H groups in total. The van der Waals surface area contributed by atoms with E-state index in [0.717, 1.165) is 30.5 Å². The second kappa shape index (κ2) is 11.1. The lowest BCUT2D eigenvalue weighted by Crippen LogP contribution is -2.55. The molecule has 6 nitrogen and oxygen atoms in total. The predicted molar refractivity (Wildman–Crippen MR) is 133 cm³/mol. The molecule has 2 aromatic carbocycles. The van der Waals surface area contributed by atoms with Crippen molar-refractivity contribution in [2.45, 2.75) is 42.7 Å². The van der Waals surface area contributed by atoms with Crippen LogP contribution in [-0.4, -0.2) is 69.9 Å². The van der Waals surface area contributed by atoms with Gasteiger partial charge in [-0.05, 0) is 68.4 Å². The van der Waals surface area contributed by atoms with Gasteiger partial charge >= 0.3 is 6.36 Å². The van der Waals surface area contributed by atoms with E-state index in [9.17, 15) is 26.6 Å². The molecule has 2 bridgehead atoms. The monoisotopic (exact) mass is 559 g/mol. The van der Waals surface area contributed by atoms with Crippen molar-refractivity contribution in [2.75, 3.05) is 27.2 Å². The maximum atomic E-state index is 13.2. The number of halogens is 5. The number of nitrogens with zero attached hydrogens (tertiary/aromatic N) is 3. The first-order valence-corrected chi connectivity index (χ1v) is 13.1. The quantitative estimate of drug-likeness (QED) is 0.359. The van der Waals surface area contributed by atoms with Crippen LogP contribution in [0, 0.1) is 5.82 Å². The van der Waals surface area contributed by atoms with Crippen LogP contribution in [0.25, 0.3) is 6.08 Å². The van der Waals surface area contributed by atoms with E-state index >= 15 is 0 Å². The zero-order valence-corrected chi connectivity index (χ0v) is 21.7. The number of alkyl halides is 3. The van der Waals surface area contributed by atoms with E-state index in [1.165, 1.54) is 28.6 Å². The van der Waals surface area contributed by atoms with E-state index in [-0.39, 0.29) is 39.3 Å². The van der Waals surface area contributed by atoms with Gasteiger partial charge in [0, 0.05) is 37.8 Å². The Kier molecular flexibility index (Phi) is 8.27. The fraction of sp³-hybridized carbons (Fsp3) is 0.400. The molecule has 0 radical (unpaired) electrons. The number of piperazine rings is 1. The van der Waals surface area contributed by atoms with Crippen molar-refractivity contribution < 1.29 is 31.3 Å². The fourth-order valence-electron chi connectivity index (χ4n) is 4.81. The highest BCUT2D eigenvalue weighted by Gasteiger charge is 2.41. The van der Waals surface area contributed by atoms with E-state index in [1.54, 1.807) is 26.2 Å². The van der Waals surface area contributed by atoms with Gasteiger partial charge in [-0.15, -0.1) is 13.2 Å². The van der Waals surface area contributed by atoms with Gasteiger partial charge < -0.3 is 9.64 Å². The van der Waals surface area contributed by atoms with E-state index in [0.29, 0.717) is 19.6 Å². The van der Waals surface area contributed by atoms with Gasteiger partial charge in [0.05, 0.1) is 9.92 Å². The van der Waals surface area contributed by atoms with Crippen LogP contribution in [0.15, 0.2) is 47.4 Å². The van der Waals surface area contributed by atoms with Crippen LogP contribution in [-0.2, 0) is 22.3 Å². The first-order valence-electron chi connectivity index (χ1n) is 11.6. The number of rotatable bonds is 7. The maximum Gasteiger partial charge on any atom is 0.573 e. The minimum Gasteiger partial charge on any atom is -0.404 e. The molecule has 12 heteroatoms. The highest BCUT2D eigenvalue weighted by Crippen LogP contribution is 2.35. The van der Waals surface area contributed by atoms with Crippen molar-refractivity contribution in [1.29, 1.82) is 0 Å². The van der Waals surface area contributed by atoms with Crippen LogP contribution in [0.3, 0.4) is 0 Å². The Labute approximate surface area is 220 Å². The van der Waals surface area contributed by atoms with E-state index in [1.807, 2.05) is 4.90 Å². The number of ether oxygens (including phenoxy) is 1. The Hall–Kier alpha value is -2.47. The SMILES string of the molecule is CN(C)S(=O)c1cc(Cl)c(OC(F)(F)F)cc1/C=C/C(=O)N1C2CCC1CN(Cc1ccc(F)cc1)C2. The molecule has 3 atom stereocenters. The van der Waals surface area contributed by atoms with Crippen LogP contribution in [0.4, 0.5) is 17.6 Å². The summed E-state index contributed by atoms with van der Waals surface area (Å²) in [6, 6.07) is 8.50. The van der Waals surface area contributed by atoms with Crippen molar-refractivity contribution in [1.82, 2.24) is 14.1 Å². The number of benzene rings is 2. The zero-order valence-electron chi connectivity index (χ0n) is 20.2. The lowest BCUT2D eigenvalue weighted by molar-refractivity contribution is -0.274. The van der Waals surface area contributed by atoms with Crippen LogP contribution in [0.1, 0.15) is 24.0 Å². The number of hydrogen-bond donors (Lipinski definition) is 0. The van der Waals surface area contributed by atoms with Gasteiger partial charge in [-0.3, -0.25) is 9.69 Å². The molecule has 0 saturated carbocycles. The molecule has 2 heterocycles. The molecular formula is C25H26ClF4N3O3S. The van der Waals surface area contributed by atoms with Crippen LogP contribution in [0.2, 0.25) is 5.02 Å². The normalized spacial score (nSPS) is 21.1.